The van der Waals surface area contributed by atoms with Crippen LogP contribution in [0.15, 0.2) is 12.2 Å². The van der Waals surface area contributed by atoms with Gasteiger partial charge in [-0.2, -0.15) is 0 Å². The van der Waals surface area contributed by atoms with Crippen LogP contribution in [-0.4, -0.2) is 5.91 Å². The number of unbranched alkanes of at least 4 members (excludes halogenated alkanes) is 4. The Hall–Kier alpha value is -0.790. The van der Waals surface area contributed by atoms with E-state index in [9.17, 15) is 4.79 Å². The first kappa shape index (κ1) is 16.2. The van der Waals surface area contributed by atoms with Crippen molar-refractivity contribution in [2.75, 3.05) is 0 Å². The Morgan fingerprint density at radius 3 is 2.18 bits per heavy atom. The zero-order valence-corrected chi connectivity index (χ0v) is 11.8. The molecule has 2 N–H and O–H groups in total. The van der Waals surface area contributed by atoms with Gasteiger partial charge in [-0.1, -0.05) is 65.4 Å². The van der Waals surface area contributed by atoms with Crippen LogP contribution in [0.3, 0.4) is 0 Å². The van der Waals surface area contributed by atoms with E-state index in [1.807, 2.05) is 6.08 Å². The predicted molar refractivity (Wildman–Crippen MR) is 74.7 cm³/mol. The molecule has 0 aliphatic heterocycles. The molecule has 0 aliphatic rings. The fraction of sp³-hybridized carbons (Fsp3) is 0.800. The first-order chi connectivity index (χ1) is 8.04. The number of nitrogens with two attached hydrogens (primary N) is 1. The summed E-state index contributed by atoms with van der Waals surface area (Å²) in [5, 5.41) is 0. The molecular formula is C15H29NO. The largest absolute Gasteiger partial charge is 0.366 e. The molecule has 0 heterocycles. The topological polar surface area (TPSA) is 43.1 Å². The highest BCUT2D eigenvalue weighted by Gasteiger charge is 2.19. The van der Waals surface area contributed by atoms with Crippen LogP contribution in [0.2, 0.25) is 0 Å². The Labute approximate surface area is 107 Å². The van der Waals surface area contributed by atoms with Crippen molar-refractivity contribution in [1.82, 2.24) is 0 Å². The summed E-state index contributed by atoms with van der Waals surface area (Å²) in [6.45, 7) is 6.67. The van der Waals surface area contributed by atoms with Crippen LogP contribution >= 0.6 is 0 Å². The monoisotopic (exact) mass is 239 g/mol. The van der Waals surface area contributed by atoms with Gasteiger partial charge >= 0.3 is 0 Å². The SMILES string of the molecule is CCCCCCC(C)(/C=C/C(N)=O)CCCC. The molecule has 1 atom stereocenters. The fourth-order valence-corrected chi connectivity index (χ4v) is 2.11. The summed E-state index contributed by atoms with van der Waals surface area (Å²) in [7, 11) is 0. The fourth-order valence-electron chi connectivity index (χ4n) is 2.11. The lowest BCUT2D eigenvalue weighted by Crippen LogP contribution is -2.15. The molecule has 0 saturated heterocycles. The van der Waals surface area contributed by atoms with Crippen molar-refractivity contribution in [1.29, 1.82) is 0 Å². The molecule has 2 nitrogen and oxygen atoms in total. The molecule has 0 fully saturated rings. The van der Waals surface area contributed by atoms with Crippen LogP contribution in [0, 0.1) is 5.41 Å². The average Bonchev–Trinajstić information content (AvgIpc) is 2.30. The molecule has 0 aromatic heterocycles. The van der Waals surface area contributed by atoms with Crippen LogP contribution < -0.4 is 5.73 Å². The highest BCUT2D eigenvalue weighted by Crippen LogP contribution is 2.32. The van der Waals surface area contributed by atoms with Crippen molar-refractivity contribution in [3.05, 3.63) is 12.2 Å². The van der Waals surface area contributed by atoms with Gasteiger partial charge in [-0.25, -0.2) is 0 Å². The summed E-state index contributed by atoms with van der Waals surface area (Å²) in [6, 6.07) is 0. The highest BCUT2D eigenvalue weighted by molar-refractivity contribution is 5.85. The van der Waals surface area contributed by atoms with E-state index < -0.39 is 0 Å². The molecule has 0 aliphatic carbocycles. The molecule has 100 valence electrons. The zero-order valence-electron chi connectivity index (χ0n) is 11.8. The van der Waals surface area contributed by atoms with Gasteiger partial charge in [0.1, 0.15) is 0 Å². The highest BCUT2D eigenvalue weighted by atomic mass is 16.1. The van der Waals surface area contributed by atoms with Gasteiger partial charge in [-0.15, -0.1) is 0 Å². The number of hydrogen-bond acceptors (Lipinski definition) is 1. The number of hydrogen-bond donors (Lipinski definition) is 1. The molecule has 0 aromatic carbocycles. The van der Waals surface area contributed by atoms with Gasteiger partial charge in [0, 0.05) is 0 Å². The van der Waals surface area contributed by atoms with E-state index in [-0.39, 0.29) is 11.3 Å². The molecule has 1 amide bonds. The summed E-state index contributed by atoms with van der Waals surface area (Å²) < 4.78 is 0. The molecule has 17 heavy (non-hydrogen) atoms. The molecule has 0 aromatic rings. The second-order valence-corrected chi connectivity index (χ2v) is 5.30. The Bertz CT molecular complexity index is 235. The first-order valence-electron chi connectivity index (χ1n) is 7.02. The smallest absolute Gasteiger partial charge is 0.241 e. The number of rotatable bonds is 10. The van der Waals surface area contributed by atoms with Crippen molar-refractivity contribution >= 4 is 5.91 Å². The summed E-state index contributed by atoms with van der Waals surface area (Å²) in [4.78, 5) is 10.8. The maximum absolute atomic E-state index is 10.8. The van der Waals surface area contributed by atoms with Crippen LogP contribution in [0.5, 0.6) is 0 Å². The van der Waals surface area contributed by atoms with Gasteiger partial charge in [0.05, 0.1) is 0 Å². The second kappa shape index (κ2) is 9.26. The minimum Gasteiger partial charge on any atom is -0.366 e. The molecule has 0 bridgehead atoms. The quantitative estimate of drug-likeness (QED) is 0.450. The minimum atomic E-state index is -0.332. The van der Waals surface area contributed by atoms with Crippen LogP contribution in [0.25, 0.3) is 0 Å². The van der Waals surface area contributed by atoms with E-state index in [4.69, 9.17) is 5.73 Å². The van der Waals surface area contributed by atoms with Gasteiger partial charge in [0.15, 0.2) is 0 Å². The summed E-state index contributed by atoms with van der Waals surface area (Å²) >= 11 is 0. The number of primary amides is 1. The first-order valence-corrected chi connectivity index (χ1v) is 7.02. The van der Waals surface area contributed by atoms with Crippen LogP contribution in [0.4, 0.5) is 0 Å². The van der Waals surface area contributed by atoms with E-state index in [2.05, 4.69) is 20.8 Å². The Morgan fingerprint density at radius 1 is 1.06 bits per heavy atom. The van der Waals surface area contributed by atoms with Crippen molar-refractivity contribution < 1.29 is 4.79 Å². The Kier molecular flexibility index (Phi) is 8.83. The number of allylic oxidation sites excluding steroid dienone is 1. The van der Waals surface area contributed by atoms with Crippen molar-refractivity contribution in [3.8, 4) is 0 Å². The van der Waals surface area contributed by atoms with Crippen LogP contribution in [0.1, 0.15) is 72.1 Å². The zero-order chi connectivity index (χ0) is 13.1. The average molecular weight is 239 g/mol. The third-order valence-electron chi connectivity index (χ3n) is 3.35. The molecule has 0 rings (SSSR count). The lowest BCUT2D eigenvalue weighted by atomic mass is 9.79. The van der Waals surface area contributed by atoms with Gasteiger partial charge in [0.2, 0.25) is 5.91 Å². The van der Waals surface area contributed by atoms with Crippen molar-refractivity contribution in [2.45, 2.75) is 72.1 Å². The number of carbonyl (C=O) groups is 1. The second-order valence-electron chi connectivity index (χ2n) is 5.30. The maximum atomic E-state index is 10.8. The van der Waals surface area contributed by atoms with E-state index in [0.29, 0.717) is 0 Å². The maximum Gasteiger partial charge on any atom is 0.241 e. The van der Waals surface area contributed by atoms with E-state index in [1.54, 1.807) is 0 Å². The minimum absolute atomic E-state index is 0.152. The molecule has 1 unspecified atom stereocenters. The van der Waals surface area contributed by atoms with Crippen molar-refractivity contribution in [2.24, 2.45) is 11.1 Å². The van der Waals surface area contributed by atoms with Gasteiger partial charge in [-0.3, -0.25) is 4.79 Å². The van der Waals surface area contributed by atoms with Gasteiger partial charge in [0.25, 0.3) is 0 Å². The molecule has 0 radical (unpaired) electrons. The Balaban J connectivity index is 4.23. The van der Waals surface area contributed by atoms with E-state index in [1.165, 1.54) is 44.6 Å². The number of carbonyl (C=O) groups excluding carboxylic acids is 1. The lowest BCUT2D eigenvalue weighted by molar-refractivity contribution is -0.113. The van der Waals surface area contributed by atoms with Crippen LogP contribution in [-0.2, 0) is 4.79 Å². The van der Waals surface area contributed by atoms with E-state index in [0.717, 1.165) is 12.8 Å². The van der Waals surface area contributed by atoms with Gasteiger partial charge in [-0.05, 0) is 24.3 Å². The standard InChI is InChI=1S/C15H29NO/c1-4-6-8-9-12-15(3,11-7-5-2)13-10-14(16)17/h10,13H,4-9,11-12H2,1-3H3,(H2,16,17)/b13-10+. The number of amides is 1. The molecule has 2 heteroatoms. The van der Waals surface area contributed by atoms with E-state index >= 15 is 0 Å². The third-order valence-corrected chi connectivity index (χ3v) is 3.35. The third kappa shape index (κ3) is 8.96. The predicted octanol–water partition coefficient (Wildman–Crippen LogP) is 4.19. The summed E-state index contributed by atoms with van der Waals surface area (Å²) in [5.74, 6) is -0.332. The lowest BCUT2D eigenvalue weighted by Gasteiger charge is -2.26. The molecule has 0 spiro atoms. The Morgan fingerprint density at radius 2 is 1.65 bits per heavy atom. The summed E-state index contributed by atoms with van der Waals surface area (Å²) in [6.07, 6.45) is 13.4. The summed E-state index contributed by atoms with van der Waals surface area (Å²) in [5.41, 5.74) is 5.33. The normalized spacial score (nSPS) is 15.0. The van der Waals surface area contributed by atoms with Gasteiger partial charge < -0.3 is 5.73 Å². The molecule has 0 saturated carbocycles. The van der Waals surface area contributed by atoms with Crippen molar-refractivity contribution in [3.63, 3.8) is 0 Å². The molecular weight excluding hydrogens is 210 g/mol.